The minimum absolute atomic E-state index is 0.0848. The monoisotopic (exact) mass is 275 g/mol. The zero-order valence-electron chi connectivity index (χ0n) is 9.85. The van der Waals surface area contributed by atoms with Crippen LogP contribution in [0.25, 0.3) is 0 Å². The summed E-state index contributed by atoms with van der Waals surface area (Å²) >= 11 is 0. The number of para-hydroxylation sites is 1. The quantitative estimate of drug-likeness (QED) is 0.902. The minimum Gasteiger partial charge on any atom is -0.488 e. The standard InChI is InChI=1S/C12H12F3NO3/c13-12(14,15)9-3-1-2-4-10(9)19-8-5-6-16(7-8)11(17)18/h1-4,8H,5-7H2,(H,17,18). The van der Waals surface area contributed by atoms with Crippen molar-refractivity contribution in [2.75, 3.05) is 13.1 Å². The second-order valence-electron chi connectivity index (χ2n) is 4.25. The van der Waals surface area contributed by atoms with E-state index in [-0.39, 0.29) is 18.8 Å². The van der Waals surface area contributed by atoms with Gasteiger partial charge in [-0.3, -0.25) is 0 Å². The van der Waals surface area contributed by atoms with Crippen LogP contribution in [-0.4, -0.2) is 35.3 Å². The Kier molecular flexibility index (Phi) is 3.55. The van der Waals surface area contributed by atoms with Gasteiger partial charge in [0, 0.05) is 13.0 Å². The van der Waals surface area contributed by atoms with Crippen LogP contribution in [0.3, 0.4) is 0 Å². The Bertz CT molecular complexity index is 476. The summed E-state index contributed by atoms with van der Waals surface area (Å²) in [5, 5.41) is 8.77. The Labute approximate surface area is 107 Å². The summed E-state index contributed by atoms with van der Waals surface area (Å²) in [6, 6.07) is 4.92. The molecule has 0 bridgehead atoms. The van der Waals surface area contributed by atoms with Crippen molar-refractivity contribution >= 4 is 6.09 Å². The molecule has 1 atom stereocenters. The van der Waals surface area contributed by atoms with Crippen LogP contribution in [-0.2, 0) is 6.18 Å². The molecule has 7 heteroatoms. The van der Waals surface area contributed by atoms with Gasteiger partial charge < -0.3 is 14.7 Å². The van der Waals surface area contributed by atoms with Crippen molar-refractivity contribution in [2.45, 2.75) is 18.7 Å². The van der Waals surface area contributed by atoms with Gasteiger partial charge in [0.2, 0.25) is 0 Å². The molecule has 1 aromatic carbocycles. The van der Waals surface area contributed by atoms with Crippen molar-refractivity contribution in [3.05, 3.63) is 29.8 Å². The van der Waals surface area contributed by atoms with Crippen LogP contribution in [0.1, 0.15) is 12.0 Å². The van der Waals surface area contributed by atoms with Gasteiger partial charge in [-0.2, -0.15) is 13.2 Å². The van der Waals surface area contributed by atoms with E-state index in [0.717, 1.165) is 11.0 Å². The molecule has 1 aliphatic heterocycles. The number of rotatable bonds is 2. The van der Waals surface area contributed by atoms with Crippen LogP contribution >= 0.6 is 0 Å². The summed E-state index contributed by atoms with van der Waals surface area (Å²) in [4.78, 5) is 11.8. The fourth-order valence-corrected chi connectivity index (χ4v) is 1.98. The van der Waals surface area contributed by atoms with E-state index in [4.69, 9.17) is 9.84 Å². The zero-order valence-corrected chi connectivity index (χ0v) is 9.85. The van der Waals surface area contributed by atoms with Crippen molar-refractivity contribution in [2.24, 2.45) is 0 Å². The first-order valence-electron chi connectivity index (χ1n) is 5.68. The molecule has 1 amide bonds. The van der Waals surface area contributed by atoms with E-state index in [1.54, 1.807) is 0 Å². The largest absolute Gasteiger partial charge is 0.488 e. The maximum absolute atomic E-state index is 12.7. The molecule has 1 aliphatic rings. The summed E-state index contributed by atoms with van der Waals surface area (Å²) in [6.45, 7) is 0.357. The normalized spacial score (nSPS) is 19.5. The highest BCUT2D eigenvalue weighted by atomic mass is 19.4. The van der Waals surface area contributed by atoms with Crippen molar-refractivity contribution in [3.63, 3.8) is 0 Å². The number of nitrogens with zero attached hydrogens (tertiary/aromatic N) is 1. The molecular formula is C12H12F3NO3. The Balaban J connectivity index is 2.11. The van der Waals surface area contributed by atoms with E-state index >= 15 is 0 Å². The molecule has 1 fully saturated rings. The molecule has 1 heterocycles. The van der Waals surface area contributed by atoms with Gasteiger partial charge in [0.25, 0.3) is 0 Å². The Morgan fingerprint density at radius 3 is 2.63 bits per heavy atom. The second kappa shape index (κ2) is 4.99. The first kappa shape index (κ1) is 13.5. The lowest BCUT2D eigenvalue weighted by atomic mass is 10.2. The fraction of sp³-hybridized carbons (Fsp3) is 0.417. The molecule has 0 aromatic heterocycles. The summed E-state index contributed by atoms with van der Waals surface area (Å²) in [6.07, 6.45) is -5.73. The molecule has 19 heavy (non-hydrogen) atoms. The molecule has 0 saturated carbocycles. The minimum atomic E-state index is -4.48. The lowest BCUT2D eigenvalue weighted by Gasteiger charge is -2.18. The number of halogens is 3. The molecule has 2 rings (SSSR count). The number of carboxylic acid groups (broad SMARTS) is 1. The van der Waals surface area contributed by atoms with Crippen molar-refractivity contribution in [1.29, 1.82) is 0 Å². The number of hydrogen-bond acceptors (Lipinski definition) is 2. The zero-order chi connectivity index (χ0) is 14.0. The van der Waals surface area contributed by atoms with Crippen molar-refractivity contribution in [3.8, 4) is 5.75 Å². The number of likely N-dealkylation sites (tertiary alicyclic amines) is 1. The third-order valence-electron chi connectivity index (χ3n) is 2.90. The average Bonchev–Trinajstić information content (AvgIpc) is 2.77. The van der Waals surface area contributed by atoms with Gasteiger partial charge in [-0.15, -0.1) is 0 Å². The van der Waals surface area contributed by atoms with Crippen LogP contribution < -0.4 is 4.74 Å². The maximum atomic E-state index is 12.7. The highest BCUT2D eigenvalue weighted by Gasteiger charge is 2.35. The number of alkyl halides is 3. The molecule has 1 unspecified atom stereocenters. The first-order chi connectivity index (χ1) is 8.88. The van der Waals surface area contributed by atoms with Crippen LogP contribution in [0.2, 0.25) is 0 Å². The smallest absolute Gasteiger partial charge is 0.419 e. The molecule has 0 radical (unpaired) electrons. The predicted octanol–water partition coefficient (Wildman–Crippen LogP) is 2.84. The van der Waals surface area contributed by atoms with Crippen LogP contribution in [0.15, 0.2) is 24.3 Å². The number of carbonyl (C=O) groups is 1. The van der Waals surface area contributed by atoms with Gasteiger partial charge >= 0.3 is 12.3 Å². The van der Waals surface area contributed by atoms with E-state index < -0.39 is 23.9 Å². The van der Waals surface area contributed by atoms with Gasteiger partial charge in [-0.25, -0.2) is 4.79 Å². The number of amides is 1. The molecule has 0 spiro atoms. The number of ether oxygens (including phenoxy) is 1. The van der Waals surface area contributed by atoms with Crippen molar-refractivity contribution < 1.29 is 27.8 Å². The SMILES string of the molecule is O=C(O)N1CCC(Oc2ccccc2C(F)(F)F)C1. The molecular weight excluding hydrogens is 263 g/mol. The topological polar surface area (TPSA) is 49.8 Å². The molecule has 1 N–H and O–H groups in total. The number of hydrogen-bond donors (Lipinski definition) is 1. The van der Waals surface area contributed by atoms with Crippen LogP contribution in [0, 0.1) is 0 Å². The van der Waals surface area contributed by atoms with E-state index in [1.807, 2.05) is 0 Å². The van der Waals surface area contributed by atoms with E-state index in [9.17, 15) is 18.0 Å². The molecule has 104 valence electrons. The first-order valence-corrected chi connectivity index (χ1v) is 5.68. The molecule has 1 aromatic rings. The van der Waals surface area contributed by atoms with Gasteiger partial charge in [0.05, 0.1) is 12.1 Å². The fourth-order valence-electron chi connectivity index (χ4n) is 1.98. The number of benzene rings is 1. The Hall–Kier alpha value is -1.92. The summed E-state index contributed by atoms with van der Waals surface area (Å²) < 4.78 is 43.5. The Morgan fingerprint density at radius 1 is 1.37 bits per heavy atom. The van der Waals surface area contributed by atoms with Crippen LogP contribution in [0.4, 0.5) is 18.0 Å². The van der Waals surface area contributed by atoms with Gasteiger partial charge in [0.15, 0.2) is 0 Å². The summed E-state index contributed by atoms with van der Waals surface area (Å²) in [5.41, 5.74) is -0.844. The third-order valence-corrected chi connectivity index (χ3v) is 2.90. The van der Waals surface area contributed by atoms with Gasteiger partial charge in [0.1, 0.15) is 11.9 Å². The van der Waals surface area contributed by atoms with E-state index in [2.05, 4.69) is 0 Å². The second-order valence-corrected chi connectivity index (χ2v) is 4.25. The average molecular weight is 275 g/mol. The lowest BCUT2D eigenvalue weighted by Crippen LogP contribution is -2.29. The predicted molar refractivity (Wildman–Crippen MR) is 60.1 cm³/mol. The molecule has 1 saturated heterocycles. The highest BCUT2D eigenvalue weighted by Crippen LogP contribution is 2.36. The van der Waals surface area contributed by atoms with E-state index in [1.165, 1.54) is 18.2 Å². The summed E-state index contributed by atoms with van der Waals surface area (Å²) in [5.74, 6) is -0.257. The Morgan fingerprint density at radius 2 is 2.05 bits per heavy atom. The third kappa shape index (κ3) is 3.10. The van der Waals surface area contributed by atoms with Gasteiger partial charge in [-0.05, 0) is 12.1 Å². The van der Waals surface area contributed by atoms with E-state index in [0.29, 0.717) is 6.42 Å². The van der Waals surface area contributed by atoms with Crippen LogP contribution in [0.5, 0.6) is 5.75 Å². The van der Waals surface area contributed by atoms with Crippen molar-refractivity contribution in [1.82, 2.24) is 4.90 Å². The highest BCUT2D eigenvalue weighted by molar-refractivity contribution is 5.65. The molecule has 4 nitrogen and oxygen atoms in total. The lowest BCUT2D eigenvalue weighted by molar-refractivity contribution is -0.139. The molecule has 0 aliphatic carbocycles. The maximum Gasteiger partial charge on any atom is 0.419 e. The van der Waals surface area contributed by atoms with Gasteiger partial charge in [-0.1, -0.05) is 12.1 Å². The summed E-state index contributed by atoms with van der Waals surface area (Å²) in [7, 11) is 0.